The van der Waals surface area contributed by atoms with Gasteiger partial charge in [-0.3, -0.25) is 42.9 Å². The minimum atomic E-state index is -5.08. The number of aliphatic hydroxyl groups is 1. The van der Waals surface area contributed by atoms with Gasteiger partial charge in [0.05, 0.1) is 34.8 Å². The number of carbonyl (C=O) groups excluding carboxylic acids is 8. The summed E-state index contributed by atoms with van der Waals surface area (Å²) in [4.78, 5) is 134. The Balaban J connectivity index is 0.000000540. The molecule has 0 spiro atoms. The Morgan fingerprint density at radius 3 is 2.41 bits per heavy atom. The number of nitrogens with zero attached hydrogens (tertiary/aromatic N) is 5. The van der Waals surface area contributed by atoms with E-state index in [9.17, 15) is 57.8 Å². The molecule has 28 heteroatoms. The largest absolute Gasteiger partial charge is 0.488 e. The smallest absolute Gasteiger partial charge is 0.396 e. The fraction of sp³-hybridized carbons (Fsp3) is 0.433. The maximum Gasteiger partial charge on any atom is 0.396 e. The van der Waals surface area contributed by atoms with Crippen LogP contribution in [0.5, 0.6) is 11.6 Å². The van der Waals surface area contributed by atoms with Crippen LogP contribution in [0.4, 0.5) is 4.39 Å². The molecule has 3 fully saturated rings. The number of aromatic nitrogens is 3. The van der Waals surface area contributed by atoms with Crippen molar-refractivity contribution in [3.05, 3.63) is 118 Å². The number of amides is 7. The summed E-state index contributed by atoms with van der Waals surface area (Å²) in [6.45, 7) is 8.29. The Bertz CT molecular complexity index is 3550. The normalized spacial score (nSPS) is 18.3. The first-order valence-corrected chi connectivity index (χ1v) is 31.3. The number of fused-ring (bicyclic) bond motifs is 2. The van der Waals surface area contributed by atoms with E-state index in [0.29, 0.717) is 62.0 Å². The lowest BCUT2D eigenvalue weighted by atomic mass is 9.92. The number of H-pyrrole nitrogens is 1. The zero-order valence-corrected chi connectivity index (χ0v) is 50.7. The van der Waals surface area contributed by atoms with Gasteiger partial charge in [0.25, 0.3) is 17.3 Å². The quantitative estimate of drug-likeness (QED) is 0.0228. The van der Waals surface area contributed by atoms with Gasteiger partial charge in [0.15, 0.2) is 17.3 Å². The Morgan fingerprint density at radius 1 is 0.977 bits per heavy atom. The molecule has 88 heavy (non-hydrogen) atoms. The summed E-state index contributed by atoms with van der Waals surface area (Å²) in [5.41, 5.74) is 9.61. The molecule has 6 aromatic rings. The average Bonchev–Trinajstić information content (AvgIpc) is 3.32. The zero-order valence-electron chi connectivity index (χ0n) is 49.0. The SMILES string of the molecule is CC(=O)N1CCC2CCC(C(=O)NC(CCC(N)=O)COc3cccc(CCCOc4cc(C(C(=O)N5CCC(O)C5)C(C)C)on4)c3F)N2C(=O)C(NC(=O)c2cc3cc(C(=O)P(=O)(O)O)ccc3[nH]2)C1.Cc1ncsc1-c1ccc(CNC=O)cc1. The van der Waals surface area contributed by atoms with Gasteiger partial charge in [-0.15, -0.1) is 11.3 Å². The minimum Gasteiger partial charge on any atom is -0.488 e. The fourth-order valence-corrected chi connectivity index (χ4v) is 12.3. The van der Waals surface area contributed by atoms with Crippen LogP contribution in [0.3, 0.4) is 0 Å². The highest BCUT2D eigenvalue weighted by Crippen LogP contribution is 2.40. The average molecular weight is 1260 g/mol. The number of aryl methyl sites for hydroxylation is 2. The predicted molar refractivity (Wildman–Crippen MR) is 319 cm³/mol. The molecule has 0 radical (unpaired) electrons. The van der Waals surface area contributed by atoms with Crippen LogP contribution in [-0.2, 0) is 46.3 Å². The number of rotatable bonds is 24. The van der Waals surface area contributed by atoms with Gasteiger partial charge in [0.2, 0.25) is 35.9 Å². The molecule has 0 aliphatic carbocycles. The van der Waals surface area contributed by atoms with E-state index in [-0.39, 0.29) is 105 Å². The highest BCUT2D eigenvalue weighted by Gasteiger charge is 2.46. The number of ether oxygens (including phenoxy) is 2. The van der Waals surface area contributed by atoms with Crippen molar-refractivity contribution in [3.63, 3.8) is 0 Å². The number of aromatic amines is 1. The number of nitrogens with two attached hydrogens (primary N) is 1. The first-order chi connectivity index (χ1) is 42.0. The van der Waals surface area contributed by atoms with Gasteiger partial charge in [-0.05, 0) is 110 Å². The molecule has 3 aliphatic rings. The van der Waals surface area contributed by atoms with Crippen molar-refractivity contribution >= 4 is 77.2 Å². The topological polar surface area (TPSA) is 359 Å². The second-order valence-corrected chi connectivity index (χ2v) is 24.6. The number of benzene rings is 3. The number of aliphatic hydroxyl groups excluding tert-OH is 1. The van der Waals surface area contributed by atoms with E-state index in [1.54, 1.807) is 34.4 Å². The molecule has 6 atom stereocenters. The van der Waals surface area contributed by atoms with Crippen LogP contribution in [0.25, 0.3) is 21.3 Å². The Hall–Kier alpha value is -8.36. The van der Waals surface area contributed by atoms with Gasteiger partial charge in [-0.25, -0.2) is 9.37 Å². The molecule has 7 amide bonds. The lowest BCUT2D eigenvalue weighted by Gasteiger charge is -2.38. The van der Waals surface area contributed by atoms with Crippen molar-refractivity contribution < 1.29 is 76.2 Å². The molecule has 3 aromatic carbocycles. The number of nitrogens with one attached hydrogen (secondary N) is 4. The van der Waals surface area contributed by atoms with Crippen LogP contribution in [0, 0.1) is 18.7 Å². The van der Waals surface area contributed by atoms with Gasteiger partial charge in [-0.1, -0.05) is 50.2 Å². The van der Waals surface area contributed by atoms with E-state index in [4.69, 9.17) is 19.7 Å². The van der Waals surface area contributed by atoms with E-state index in [2.05, 4.69) is 43.2 Å². The molecule has 6 unspecified atom stereocenters. The lowest BCUT2D eigenvalue weighted by Crippen LogP contribution is -2.61. The molecule has 3 saturated heterocycles. The molecule has 3 aliphatic heterocycles. The van der Waals surface area contributed by atoms with E-state index in [1.807, 2.05) is 38.4 Å². The molecule has 470 valence electrons. The molecule has 25 nitrogen and oxygen atoms in total. The zero-order chi connectivity index (χ0) is 63.4. The van der Waals surface area contributed by atoms with E-state index in [0.717, 1.165) is 11.3 Å². The number of halogens is 1. The number of primary amides is 1. The van der Waals surface area contributed by atoms with Crippen molar-refractivity contribution in [1.29, 1.82) is 0 Å². The van der Waals surface area contributed by atoms with Crippen molar-refractivity contribution in [2.24, 2.45) is 11.7 Å². The number of carbonyl (C=O) groups is 8. The van der Waals surface area contributed by atoms with Crippen LogP contribution in [0.15, 0.2) is 82.8 Å². The van der Waals surface area contributed by atoms with Gasteiger partial charge in [0, 0.05) is 74.6 Å². The van der Waals surface area contributed by atoms with Crippen LogP contribution in [-0.4, -0.2) is 162 Å². The molecule has 0 saturated carbocycles. The maximum atomic E-state index is 15.9. The number of thiazole rings is 1. The summed E-state index contributed by atoms with van der Waals surface area (Å²) in [5, 5.41) is 22.4. The monoisotopic (exact) mass is 1250 g/mol. The van der Waals surface area contributed by atoms with Crippen molar-refractivity contribution in [3.8, 4) is 22.1 Å². The van der Waals surface area contributed by atoms with Gasteiger partial charge < -0.3 is 70.3 Å². The van der Waals surface area contributed by atoms with Gasteiger partial charge >= 0.3 is 7.60 Å². The molecular weight excluding hydrogens is 1180 g/mol. The summed E-state index contributed by atoms with van der Waals surface area (Å²) < 4.78 is 44.7. The Kier molecular flexibility index (Phi) is 22.0. The number of β-amino-alcohol motifs (C(OH)–C–C–N with tert-alkyl or cyclic N) is 1. The summed E-state index contributed by atoms with van der Waals surface area (Å²) in [5.74, 6) is -4.09. The summed E-state index contributed by atoms with van der Waals surface area (Å²) in [6.07, 6.45) is 2.10. The minimum absolute atomic E-state index is 0.0206. The van der Waals surface area contributed by atoms with Crippen LogP contribution in [0.1, 0.15) is 115 Å². The van der Waals surface area contributed by atoms with Crippen molar-refractivity contribution in [2.45, 2.75) is 122 Å². The highest BCUT2D eigenvalue weighted by molar-refractivity contribution is 7.70. The number of hydrogen-bond donors (Lipinski definition) is 8. The third-order valence-corrected chi connectivity index (χ3v) is 17.4. The third-order valence-electron chi connectivity index (χ3n) is 15.6. The first kappa shape index (κ1) is 65.6. The molecule has 0 bridgehead atoms. The molecule has 6 heterocycles. The summed E-state index contributed by atoms with van der Waals surface area (Å²) in [7, 11) is -5.08. The van der Waals surface area contributed by atoms with Crippen LogP contribution >= 0.6 is 18.9 Å². The van der Waals surface area contributed by atoms with Crippen molar-refractivity contribution in [2.75, 3.05) is 39.4 Å². The van der Waals surface area contributed by atoms with Gasteiger partial charge in [-0.2, -0.15) is 0 Å². The second-order valence-electron chi connectivity index (χ2n) is 22.3. The fourth-order valence-electron chi connectivity index (χ4n) is 11.0. The molecule has 9 rings (SSSR count). The number of hydrogen-bond acceptors (Lipinski definition) is 16. The van der Waals surface area contributed by atoms with E-state index < -0.39 is 78.8 Å². The maximum absolute atomic E-state index is 15.9. The van der Waals surface area contributed by atoms with E-state index >= 15 is 4.39 Å². The summed E-state index contributed by atoms with van der Waals surface area (Å²) in [6, 6.07) is 15.8. The third kappa shape index (κ3) is 16.6. The van der Waals surface area contributed by atoms with E-state index in [1.165, 1.54) is 57.5 Å². The molecular formula is C60H72FN10O15PS. The number of likely N-dealkylation sites (tertiary alicyclic amines) is 1. The highest BCUT2D eigenvalue weighted by atomic mass is 32.1. The standard InChI is InChI=1S/C48H60FN8O14P.C12H12N2OS/c1-26(2)42(47(64)56-18-16-33(59)23-56)39-22-41(54-71-39)69-19-5-7-28-6-4-8-38(43(28)49)70-25-31(10-14-40(50)60)51-45(62)37-13-11-32-15-17-55(27(3)58)24-36(46(63)57(32)37)53-44(61)35-21-30-20-29(9-12-34(30)52-35)48(65)72(66,67)68;1-9-12(16-8-14-9)11-4-2-10(3-5-11)6-13-7-15/h4,6,8-9,12,20-22,26,31-33,36-37,42,52,59H,5,7,10-11,13-19,23-25H2,1-3H3,(H2,50,60)(H,51,62)(H,53,61)(H2,66,67,68);2-5,7-8H,6H2,1H3,(H,13,15). The Morgan fingerprint density at radius 2 is 1.74 bits per heavy atom. The van der Waals surface area contributed by atoms with Crippen LogP contribution in [0.2, 0.25) is 0 Å². The summed E-state index contributed by atoms with van der Waals surface area (Å²) >= 11 is 1.64. The van der Waals surface area contributed by atoms with Gasteiger partial charge in [0.1, 0.15) is 30.3 Å². The Labute approximate surface area is 510 Å². The lowest BCUT2D eigenvalue weighted by molar-refractivity contribution is -0.145. The molecule has 9 N–H and O–H groups in total. The van der Waals surface area contributed by atoms with Crippen molar-refractivity contribution in [1.82, 2.24) is 45.8 Å². The second kappa shape index (κ2) is 29.6. The molecule has 3 aromatic heterocycles. The first-order valence-electron chi connectivity index (χ1n) is 28.8. The van der Waals surface area contributed by atoms with Crippen LogP contribution < -0.4 is 31.2 Å². The predicted octanol–water partition coefficient (Wildman–Crippen LogP) is 4.86.